The monoisotopic (exact) mass is 419 g/mol. The predicted molar refractivity (Wildman–Crippen MR) is 99.9 cm³/mol. The van der Waals surface area contributed by atoms with E-state index in [-0.39, 0.29) is 23.2 Å². The van der Waals surface area contributed by atoms with E-state index in [1.807, 2.05) is 12.1 Å². The number of piperazine rings is 1. The first-order chi connectivity index (χ1) is 14.4. The summed E-state index contributed by atoms with van der Waals surface area (Å²) in [6, 6.07) is 6.14. The molecule has 2 aliphatic rings. The van der Waals surface area contributed by atoms with E-state index in [0.717, 1.165) is 29.2 Å². The van der Waals surface area contributed by atoms with Gasteiger partial charge in [-0.25, -0.2) is 9.50 Å². The van der Waals surface area contributed by atoms with E-state index in [1.165, 1.54) is 6.07 Å². The molecule has 1 amide bonds. The highest BCUT2D eigenvalue weighted by molar-refractivity contribution is 5.93. The van der Waals surface area contributed by atoms with E-state index in [2.05, 4.69) is 15.0 Å². The van der Waals surface area contributed by atoms with Crippen LogP contribution in [0.1, 0.15) is 46.4 Å². The summed E-state index contributed by atoms with van der Waals surface area (Å²) >= 11 is 0. The molecule has 0 bridgehead atoms. The van der Waals surface area contributed by atoms with Crippen LogP contribution in [0.3, 0.4) is 0 Å². The minimum Gasteiger partial charge on any atom is -0.468 e. The maximum atomic E-state index is 13.5. The number of furan rings is 1. The quantitative estimate of drug-likeness (QED) is 0.650. The van der Waals surface area contributed by atoms with Gasteiger partial charge in [0, 0.05) is 43.9 Å². The van der Waals surface area contributed by atoms with E-state index in [1.54, 1.807) is 11.2 Å². The second kappa shape index (κ2) is 7.12. The van der Waals surface area contributed by atoms with Gasteiger partial charge in [0.15, 0.2) is 11.3 Å². The number of alkyl halides is 3. The Morgan fingerprint density at radius 1 is 1.17 bits per heavy atom. The molecule has 1 aliphatic carbocycles. The molecule has 3 aromatic rings. The predicted octanol–water partition coefficient (Wildman–Crippen LogP) is 3.18. The lowest BCUT2D eigenvalue weighted by atomic mass is 10.2. The number of carbonyl (C=O) groups excluding carboxylic acids is 1. The molecule has 3 aromatic heterocycles. The van der Waals surface area contributed by atoms with Crippen molar-refractivity contribution in [2.24, 2.45) is 0 Å². The summed E-state index contributed by atoms with van der Waals surface area (Å²) in [7, 11) is 0. The molecular weight excluding hydrogens is 399 g/mol. The highest BCUT2D eigenvalue weighted by Gasteiger charge is 2.38. The molecule has 10 heteroatoms. The first kappa shape index (κ1) is 19.1. The van der Waals surface area contributed by atoms with Gasteiger partial charge >= 0.3 is 6.18 Å². The molecule has 4 heterocycles. The molecule has 1 saturated carbocycles. The Morgan fingerprint density at radius 2 is 1.93 bits per heavy atom. The number of halogens is 3. The molecule has 1 saturated heterocycles. The van der Waals surface area contributed by atoms with Gasteiger partial charge in [-0.1, -0.05) is 0 Å². The second-order valence-electron chi connectivity index (χ2n) is 7.79. The second-order valence-corrected chi connectivity index (χ2v) is 7.79. The fourth-order valence-electron chi connectivity index (χ4n) is 3.78. The number of hydrogen-bond acceptors (Lipinski definition) is 5. The van der Waals surface area contributed by atoms with Gasteiger partial charge in [-0.2, -0.15) is 18.3 Å². The van der Waals surface area contributed by atoms with Crippen LogP contribution in [0.5, 0.6) is 0 Å². The summed E-state index contributed by atoms with van der Waals surface area (Å²) in [5.41, 5.74) is -0.427. The molecule has 2 fully saturated rings. The average molecular weight is 419 g/mol. The number of nitrogens with zero attached hydrogens (tertiary/aromatic N) is 5. The molecule has 30 heavy (non-hydrogen) atoms. The van der Waals surface area contributed by atoms with Gasteiger partial charge in [-0.05, 0) is 31.0 Å². The SMILES string of the molecule is O=C(c1cc2nc(C3CC3)cc(C(F)(F)F)n2n1)N1CCN(Cc2ccco2)CC1. The maximum absolute atomic E-state index is 13.5. The number of aromatic nitrogens is 3. The molecule has 0 aromatic carbocycles. The zero-order chi connectivity index (χ0) is 20.9. The molecule has 0 unspecified atom stereocenters. The van der Waals surface area contributed by atoms with Gasteiger partial charge in [-0.3, -0.25) is 9.69 Å². The van der Waals surface area contributed by atoms with Gasteiger partial charge < -0.3 is 9.32 Å². The summed E-state index contributed by atoms with van der Waals surface area (Å²) in [6.07, 6.45) is -1.28. The van der Waals surface area contributed by atoms with Gasteiger partial charge in [0.05, 0.1) is 12.8 Å². The molecule has 0 radical (unpaired) electrons. The van der Waals surface area contributed by atoms with Gasteiger partial charge in [-0.15, -0.1) is 0 Å². The van der Waals surface area contributed by atoms with Crippen molar-refractivity contribution in [2.45, 2.75) is 31.5 Å². The zero-order valence-electron chi connectivity index (χ0n) is 16.1. The Hall–Kier alpha value is -2.88. The van der Waals surface area contributed by atoms with Crippen LogP contribution in [0.25, 0.3) is 5.65 Å². The molecule has 5 rings (SSSR count). The fraction of sp³-hybridized carbons (Fsp3) is 0.450. The smallest absolute Gasteiger partial charge is 0.433 e. The van der Waals surface area contributed by atoms with E-state index in [4.69, 9.17) is 4.42 Å². The van der Waals surface area contributed by atoms with Crippen LogP contribution in [0.4, 0.5) is 13.2 Å². The summed E-state index contributed by atoms with van der Waals surface area (Å²) in [5.74, 6) is 0.541. The van der Waals surface area contributed by atoms with E-state index >= 15 is 0 Å². The third kappa shape index (κ3) is 3.67. The summed E-state index contributed by atoms with van der Waals surface area (Å²) in [5, 5.41) is 3.97. The Balaban J connectivity index is 1.35. The zero-order valence-corrected chi connectivity index (χ0v) is 16.1. The third-order valence-corrected chi connectivity index (χ3v) is 5.57. The summed E-state index contributed by atoms with van der Waals surface area (Å²) in [4.78, 5) is 21.0. The van der Waals surface area contributed by atoms with Crippen LogP contribution in [0.2, 0.25) is 0 Å². The highest BCUT2D eigenvalue weighted by Crippen LogP contribution is 2.41. The fourth-order valence-corrected chi connectivity index (χ4v) is 3.78. The molecule has 0 spiro atoms. The Labute approximate surface area is 170 Å². The minimum atomic E-state index is -4.57. The standard InChI is InChI=1S/C20H20F3N5O2/c21-20(22,23)17-10-15(13-3-4-13)24-18-11-16(25-28(17)18)19(29)27-7-5-26(6-8-27)12-14-2-1-9-30-14/h1-2,9-11,13H,3-8,12H2. The van der Waals surface area contributed by atoms with E-state index < -0.39 is 11.9 Å². The first-order valence-corrected chi connectivity index (χ1v) is 9.90. The molecule has 0 atom stereocenters. The molecule has 7 nitrogen and oxygen atoms in total. The number of carbonyl (C=O) groups is 1. The Kier molecular flexibility index (Phi) is 4.53. The van der Waals surface area contributed by atoms with Crippen LogP contribution < -0.4 is 0 Å². The first-order valence-electron chi connectivity index (χ1n) is 9.90. The lowest BCUT2D eigenvalue weighted by Gasteiger charge is -2.33. The Morgan fingerprint density at radius 3 is 2.57 bits per heavy atom. The van der Waals surface area contributed by atoms with Crippen LogP contribution in [0, 0.1) is 0 Å². The van der Waals surface area contributed by atoms with Crippen LogP contribution >= 0.6 is 0 Å². The lowest BCUT2D eigenvalue weighted by Crippen LogP contribution is -2.48. The van der Waals surface area contributed by atoms with Crippen LogP contribution in [-0.2, 0) is 12.7 Å². The third-order valence-electron chi connectivity index (χ3n) is 5.57. The van der Waals surface area contributed by atoms with Crippen LogP contribution in [0.15, 0.2) is 34.9 Å². The van der Waals surface area contributed by atoms with Crippen molar-refractivity contribution in [3.63, 3.8) is 0 Å². The lowest BCUT2D eigenvalue weighted by molar-refractivity contribution is -0.142. The maximum Gasteiger partial charge on any atom is 0.433 e. The number of hydrogen-bond donors (Lipinski definition) is 0. The minimum absolute atomic E-state index is 0.0135. The molecule has 158 valence electrons. The number of fused-ring (bicyclic) bond motifs is 1. The van der Waals surface area contributed by atoms with Crippen molar-refractivity contribution in [2.75, 3.05) is 26.2 Å². The molecule has 0 N–H and O–H groups in total. The summed E-state index contributed by atoms with van der Waals surface area (Å²) < 4.78 is 46.7. The van der Waals surface area contributed by atoms with Crippen molar-refractivity contribution in [1.82, 2.24) is 24.4 Å². The largest absolute Gasteiger partial charge is 0.468 e. The van der Waals surface area contributed by atoms with Gasteiger partial charge in [0.1, 0.15) is 11.5 Å². The van der Waals surface area contributed by atoms with Crippen molar-refractivity contribution < 1.29 is 22.4 Å². The van der Waals surface area contributed by atoms with Crippen molar-refractivity contribution in [3.8, 4) is 0 Å². The number of amides is 1. The van der Waals surface area contributed by atoms with Crippen molar-refractivity contribution >= 4 is 11.6 Å². The number of rotatable bonds is 4. The van der Waals surface area contributed by atoms with E-state index in [0.29, 0.717) is 38.4 Å². The van der Waals surface area contributed by atoms with Gasteiger partial charge in [0.2, 0.25) is 0 Å². The van der Waals surface area contributed by atoms with E-state index in [9.17, 15) is 18.0 Å². The molecule has 1 aliphatic heterocycles. The molecular formula is C20H20F3N5O2. The highest BCUT2D eigenvalue weighted by atomic mass is 19.4. The van der Waals surface area contributed by atoms with Gasteiger partial charge in [0.25, 0.3) is 5.91 Å². The summed E-state index contributed by atoms with van der Waals surface area (Å²) in [6.45, 7) is 2.90. The topological polar surface area (TPSA) is 66.9 Å². The van der Waals surface area contributed by atoms with Crippen molar-refractivity contribution in [1.29, 1.82) is 0 Å². The van der Waals surface area contributed by atoms with Crippen molar-refractivity contribution in [3.05, 3.63) is 53.4 Å². The average Bonchev–Trinajstić information content (AvgIpc) is 3.27. The Bertz CT molecular complexity index is 1060. The normalized spacial score (nSPS) is 18.3. The van der Waals surface area contributed by atoms with Crippen LogP contribution in [-0.4, -0.2) is 56.5 Å².